The molecule has 0 aromatic carbocycles. The van der Waals surface area contributed by atoms with Crippen LogP contribution in [0.25, 0.3) is 0 Å². The van der Waals surface area contributed by atoms with E-state index in [1.165, 1.54) is 11.3 Å². The lowest BCUT2D eigenvalue weighted by Crippen LogP contribution is -2.51. The van der Waals surface area contributed by atoms with E-state index in [1.54, 1.807) is 7.11 Å². The molecule has 1 fully saturated rings. The third-order valence-corrected chi connectivity index (χ3v) is 4.77. The van der Waals surface area contributed by atoms with Gasteiger partial charge in [0.05, 0.1) is 0 Å². The summed E-state index contributed by atoms with van der Waals surface area (Å²) < 4.78 is 5.49. The third-order valence-electron chi connectivity index (χ3n) is 3.50. The monoisotopic (exact) mass is 298 g/mol. The van der Waals surface area contributed by atoms with Crippen molar-refractivity contribution in [2.45, 2.75) is 44.6 Å². The fourth-order valence-electron chi connectivity index (χ4n) is 2.14. The molecular formula is C13H22N4O2S. The summed E-state index contributed by atoms with van der Waals surface area (Å²) in [6, 6.07) is 0. The highest BCUT2D eigenvalue weighted by atomic mass is 32.1. The summed E-state index contributed by atoms with van der Waals surface area (Å²) in [6.07, 6.45) is 1.33. The molecule has 0 bridgehead atoms. The molecular weight excluding hydrogens is 276 g/mol. The average molecular weight is 298 g/mol. The standard InChI is InChI=1S/C13H22N4O2S/c1-12(2,3)10-16-17-11(20-10)15-9(18)13(19-4)5-7-14-8-6-13/h14H,5-8H2,1-4H3,(H,15,17,18). The molecule has 0 spiro atoms. The van der Waals surface area contributed by atoms with Gasteiger partial charge in [-0.2, -0.15) is 0 Å². The van der Waals surface area contributed by atoms with Crippen LogP contribution in [-0.2, 0) is 14.9 Å². The number of carbonyl (C=O) groups excluding carboxylic acids is 1. The number of rotatable bonds is 3. The molecule has 1 aromatic rings. The van der Waals surface area contributed by atoms with Crippen molar-refractivity contribution in [1.29, 1.82) is 0 Å². The molecule has 2 heterocycles. The van der Waals surface area contributed by atoms with Gasteiger partial charge in [0.2, 0.25) is 5.13 Å². The SMILES string of the molecule is COC1(C(=O)Nc2nnc(C(C)(C)C)s2)CCNCC1. The van der Waals surface area contributed by atoms with Gasteiger partial charge >= 0.3 is 0 Å². The summed E-state index contributed by atoms with van der Waals surface area (Å²) in [6.45, 7) is 7.78. The highest BCUT2D eigenvalue weighted by Crippen LogP contribution is 2.29. The Morgan fingerprint density at radius 2 is 2.00 bits per heavy atom. The fourth-order valence-corrected chi connectivity index (χ4v) is 2.94. The Kier molecular flexibility index (Phi) is 4.41. The van der Waals surface area contributed by atoms with Gasteiger partial charge in [0.15, 0.2) is 0 Å². The van der Waals surface area contributed by atoms with E-state index in [-0.39, 0.29) is 11.3 Å². The minimum Gasteiger partial charge on any atom is -0.368 e. The molecule has 0 radical (unpaired) electrons. The minimum atomic E-state index is -0.751. The molecule has 1 aliphatic rings. The predicted molar refractivity (Wildman–Crippen MR) is 79.1 cm³/mol. The maximum Gasteiger partial charge on any atom is 0.258 e. The zero-order valence-corrected chi connectivity index (χ0v) is 13.3. The van der Waals surface area contributed by atoms with Crippen LogP contribution >= 0.6 is 11.3 Å². The Balaban J connectivity index is 2.09. The number of hydrogen-bond donors (Lipinski definition) is 2. The van der Waals surface area contributed by atoms with E-state index in [4.69, 9.17) is 4.74 Å². The second-order valence-electron chi connectivity index (χ2n) is 6.06. The van der Waals surface area contributed by atoms with Crippen LogP contribution in [0.4, 0.5) is 5.13 Å². The second-order valence-corrected chi connectivity index (χ2v) is 7.04. The summed E-state index contributed by atoms with van der Waals surface area (Å²) in [5.41, 5.74) is -0.812. The topological polar surface area (TPSA) is 76.1 Å². The van der Waals surface area contributed by atoms with E-state index >= 15 is 0 Å². The zero-order valence-electron chi connectivity index (χ0n) is 12.4. The molecule has 2 N–H and O–H groups in total. The molecule has 2 rings (SSSR count). The van der Waals surface area contributed by atoms with Gasteiger partial charge in [-0.05, 0) is 25.9 Å². The number of nitrogens with one attached hydrogen (secondary N) is 2. The molecule has 7 heteroatoms. The Hall–Kier alpha value is -1.05. The second kappa shape index (κ2) is 5.75. The molecule has 0 saturated carbocycles. The quantitative estimate of drug-likeness (QED) is 0.885. The number of methoxy groups -OCH3 is 1. The Morgan fingerprint density at radius 1 is 1.35 bits per heavy atom. The fraction of sp³-hybridized carbons (Fsp3) is 0.769. The number of hydrogen-bond acceptors (Lipinski definition) is 6. The summed E-state index contributed by atoms with van der Waals surface area (Å²) in [4.78, 5) is 12.5. The number of anilines is 1. The van der Waals surface area contributed by atoms with Crippen molar-refractivity contribution in [2.24, 2.45) is 0 Å². The van der Waals surface area contributed by atoms with Crippen LogP contribution in [0.1, 0.15) is 38.6 Å². The smallest absolute Gasteiger partial charge is 0.258 e. The normalized spacial score (nSPS) is 18.8. The predicted octanol–water partition coefficient (Wildman–Crippen LogP) is 1.54. The Morgan fingerprint density at radius 3 is 2.50 bits per heavy atom. The molecule has 0 aliphatic carbocycles. The summed E-state index contributed by atoms with van der Waals surface area (Å²) in [7, 11) is 1.59. The molecule has 6 nitrogen and oxygen atoms in total. The average Bonchev–Trinajstić information content (AvgIpc) is 2.88. The number of ether oxygens (including phenoxy) is 1. The Labute approximate surface area is 123 Å². The number of carbonyl (C=O) groups is 1. The third kappa shape index (κ3) is 3.16. The number of nitrogens with zero attached hydrogens (tertiary/aromatic N) is 2. The summed E-state index contributed by atoms with van der Waals surface area (Å²) in [5.74, 6) is -0.127. The van der Waals surface area contributed by atoms with E-state index in [2.05, 4.69) is 41.6 Å². The van der Waals surface area contributed by atoms with Crippen molar-refractivity contribution in [1.82, 2.24) is 15.5 Å². The summed E-state index contributed by atoms with van der Waals surface area (Å²) in [5, 5.41) is 15.7. The van der Waals surface area contributed by atoms with Crippen LogP contribution in [0.2, 0.25) is 0 Å². The van der Waals surface area contributed by atoms with Gasteiger partial charge in [0.25, 0.3) is 5.91 Å². The lowest BCUT2D eigenvalue weighted by molar-refractivity contribution is -0.140. The number of piperidine rings is 1. The van der Waals surface area contributed by atoms with Crippen LogP contribution in [0.3, 0.4) is 0 Å². The molecule has 1 amide bonds. The van der Waals surface area contributed by atoms with Gasteiger partial charge in [-0.25, -0.2) is 0 Å². The molecule has 0 atom stereocenters. The van der Waals surface area contributed by atoms with Crippen LogP contribution < -0.4 is 10.6 Å². The maximum atomic E-state index is 12.5. The van der Waals surface area contributed by atoms with E-state index in [1.807, 2.05) is 0 Å². The van der Waals surface area contributed by atoms with Crippen molar-refractivity contribution in [3.05, 3.63) is 5.01 Å². The van der Waals surface area contributed by atoms with E-state index in [9.17, 15) is 4.79 Å². The van der Waals surface area contributed by atoms with Crippen molar-refractivity contribution in [2.75, 3.05) is 25.5 Å². The lowest BCUT2D eigenvalue weighted by Gasteiger charge is -2.34. The first kappa shape index (κ1) is 15.3. The van der Waals surface area contributed by atoms with Gasteiger partial charge in [-0.15, -0.1) is 10.2 Å². The van der Waals surface area contributed by atoms with Gasteiger partial charge in [0, 0.05) is 12.5 Å². The van der Waals surface area contributed by atoms with E-state index in [0.29, 0.717) is 18.0 Å². The van der Waals surface area contributed by atoms with Crippen molar-refractivity contribution < 1.29 is 9.53 Å². The highest BCUT2D eigenvalue weighted by Gasteiger charge is 2.40. The largest absolute Gasteiger partial charge is 0.368 e. The number of aromatic nitrogens is 2. The van der Waals surface area contributed by atoms with Gasteiger partial charge in [-0.1, -0.05) is 32.1 Å². The van der Waals surface area contributed by atoms with Crippen LogP contribution in [0, 0.1) is 0 Å². The van der Waals surface area contributed by atoms with E-state index < -0.39 is 5.60 Å². The molecule has 1 aromatic heterocycles. The zero-order chi connectivity index (χ0) is 14.8. The minimum absolute atomic E-state index is 0.0612. The molecule has 20 heavy (non-hydrogen) atoms. The maximum absolute atomic E-state index is 12.5. The van der Waals surface area contributed by atoms with Crippen LogP contribution in [0.5, 0.6) is 0 Å². The van der Waals surface area contributed by atoms with Crippen molar-refractivity contribution in [3.63, 3.8) is 0 Å². The molecule has 0 unspecified atom stereocenters. The van der Waals surface area contributed by atoms with Crippen molar-refractivity contribution in [3.8, 4) is 0 Å². The highest BCUT2D eigenvalue weighted by molar-refractivity contribution is 7.15. The molecule has 1 saturated heterocycles. The number of amides is 1. The lowest BCUT2D eigenvalue weighted by atomic mass is 9.91. The van der Waals surface area contributed by atoms with Gasteiger partial charge in [0.1, 0.15) is 10.6 Å². The van der Waals surface area contributed by atoms with Crippen molar-refractivity contribution >= 4 is 22.4 Å². The van der Waals surface area contributed by atoms with Crippen LogP contribution in [0.15, 0.2) is 0 Å². The summed E-state index contributed by atoms with van der Waals surface area (Å²) >= 11 is 1.42. The van der Waals surface area contributed by atoms with E-state index in [0.717, 1.165) is 18.1 Å². The first-order valence-electron chi connectivity index (χ1n) is 6.79. The first-order chi connectivity index (χ1) is 9.37. The molecule has 112 valence electrons. The first-order valence-corrected chi connectivity index (χ1v) is 7.60. The van der Waals surface area contributed by atoms with Gasteiger partial charge in [-0.3, -0.25) is 10.1 Å². The van der Waals surface area contributed by atoms with Gasteiger partial charge < -0.3 is 10.1 Å². The van der Waals surface area contributed by atoms with Crippen LogP contribution in [-0.4, -0.2) is 41.9 Å². The Bertz CT molecular complexity index is 475. The molecule has 1 aliphatic heterocycles.